The van der Waals surface area contributed by atoms with Crippen LogP contribution >= 0.6 is 0 Å². The van der Waals surface area contributed by atoms with Gasteiger partial charge in [0.2, 0.25) is 0 Å². The molecule has 0 spiro atoms. The Morgan fingerprint density at radius 1 is 1.28 bits per heavy atom. The molecule has 4 heteroatoms. The van der Waals surface area contributed by atoms with E-state index in [9.17, 15) is 0 Å². The average molecular weight is 258 g/mol. The molecule has 1 fully saturated rings. The molecular weight excluding hydrogens is 228 g/mol. The monoisotopic (exact) mass is 258 g/mol. The van der Waals surface area contributed by atoms with Crippen LogP contribution in [0.15, 0.2) is 0 Å². The predicted molar refractivity (Wildman–Crippen MR) is 75.0 cm³/mol. The minimum atomic E-state index is 0.441. The molecule has 1 rings (SSSR count). The first-order chi connectivity index (χ1) is 8.72. The second kappa shape index (κ2) is 8.86. The highest BCUT2D eigenvalue weighted by Gasteiger charge is 2.25. The first kappa shape index (κ1) is 15.9. The topological polar surface area (TPSA) is 33.7 Å². The van der Waals surface area contributed by atoms with Crippen molar-refractivity contribution in [3.63, 3.8) is 0 Å². The number of nitrogens with zero attached hydrogens (tertiary/aromatic N) is 1. The van der Waals surface area contributed by atoms with Gasteiger partial charge in [-0.3, -0.25) is 4.90 Å². The van der Waals surface area contributed by atoms with Gasteiger partial charge in [-0.2, -0.15) is 0 Å². The molecule has 1 N–H and O–H groups in total. The summed E-state index contributed by atoms with van der Waals surface area (Å²) in [7, 11) is 3.54. The third kappa shape index (κ3) is 5.65. The molecule has 0 aromatic carbocycles. The number of hydrogen-bond donors (Lipinski definition) is 1. The van der Waals surface area contributed by atoms with Gasteiger partial charge in [0.15, 0.2) is 0 Å². The van der Waals surface area contributed by atoms with Crippen molar-refractivity contribution in [2.45, 2.75) is 51.2 Å². The first-order valence-corrected chi connectivity index (χ1v) is 7.19. The van der Waals surface area contributed by atoms with Crippen LogP contribution in [0.4, 0.5) is 0 Å². The molecule has 2 atom stereocenters. The van der Waals surface area contributed by atoms with Gasteiger partial charge < -0.3 is 14.8 Å². The Kier molecular flexibility index (Phi) is 7.82. The van der Waals surface area contributed by atoms with Gasteiger partial charge in [-0.1, -0.05) is 6.92 Å². The fraction of sp³-hybridized carbons (Fsp3) is 1.00. The van der Waals surface area contributed by atoms with Gasteiger partial charge in [0.05, 0.1) is 13.2 Å². The second-order valence-corrected chi connectivity index (χ2v) is 5.28. The van der Waals surface area contributed by atoms with Crippen LogP contribution in [0.3, 0.4) is 0 Å². The van der Waals surface area contributed by atoms with Gasteiger partial charge in [0.1, 0.15) is 0 Å². The summed E-state index contributed by atoms with van der Waals surface area (Å²) in [5.74, 6) is 0. The smallest absolute Gasteiger partial charge is 0.0615 e. The Balaban J connectivity index is 2.45. The molecule has 1 aliphatic carbocycles. The van der Waals surface area contributed by atoms with Crippen LogP contribution in [0.2, 0.25) is 0 Å². The molecule has 0 saturated heterocycles. The molecule has 18 heavy (non-hydrogen) atoms. The van der Waals surface area contributed by atoms with E-state index in [1.54, 1.807) is 14.2 Å². The van der Waals surface area contributed by atoms with Crippen molar-refractivity contribution in [3.05, 3.63) is 0 Å². The van der Waals surface area contributed by atoms with E-state index in [0.717, 1.165) is 38.8 Å². The largest absolute Gasteiger partial charge is 0.383 e. The molecule has 0 bridgehead atoms. The molecule has 0 heterocycles. The van der Waals surface area contributed by atoms with E-state index < -0.39 is 0 Å². The van der Waals surface area contributed by atoms with Gasteiger partial charge in [0, 0.05) is 45.4 Å². The van der Waals surface area contributed by atoms with Gasteiger partial charge >= 0.3 is 0 Å². The van der Waals surface area contributed by atoms with Gasteiger partial charge in [-0.25, -0.2) is 0 Å². The van der Waals surface area contributed by atoms with E-state index in [1.807, 2.05) is 0 Å². The van der Waals surface area contributed by atoms with E-state index >= 15 is 0 Å². The molecule has 108 valence electrons. The quantitative estimate of drug-likeness (QED) is 0.609. The number of hydrogen-bond acceptors (Lipinski definition) is 4. The maximum absolute atomic E-state index is 5.29. The fourth-order valence-corrected chi connectivity index (χ4v) is 2.38. The summed E-state index contributed by atoms with van der Waals surface area (Å²) in [6, 6.07) is 1.79. The van der Waals surface area contributed by atoms with Crippen molar-refractivity contribution in [1.29, 1.82) is 0 Å². The molecule has 0 aromatic heterocycles. The minimum absolute atomic E-state index is 0.441. The summed E-state index contributed by atoms with van der Waals surface area (Å²) < 4.78 is 10.5. The second-order valence-electron chi connectivity index (χ2n) is 5.28. The highest BCUT2D eigenvalue weighted by atomic mass is 16.5. The summed E-state index contributed by atoms with van der Waals surface area (Å²) in [6.07, 6.45) is 3.86. The van der Waals surface area contributed by atoms with E-state index in [1.165, 1.54) is 12.8 Å². The van der Waals surface area contributed by atoms with Crippen molar-refractivity contribution in [1.82, 2.24) is 10.2 Å². The number of rotatable bonds is 11. The Morgan fingerprint density at radius 2 is 2.00 bits per heavy atom. The highest BCUT2D eigenvalue weighted by molar-refractivity contribution is 4.85. The van der Waals surface area contributed by atoms with Crippen LogP contribution in [0, 0.1) is 0 Å². The zero-order valence-corrected chi connectivity index (χ0v) is 12.4. The van der Waals surface area contributed by atoms with E-state index in [0.29, 0.717) is 12.1 Å². The van der Waals surface area contributed by atoms with Gasteiger partial charge in [0.25, 0.3) is 0 Å². The molecule has 0 aliphatic heterocycles. The molecule has 2 unspecified atom stereocenters. The lowest BCUT2D eigenvalue weighted by atomic mass is 10.1. The van der Waals surface area contributed by atoms with Crippen LogP contribution < -0.4 is 5.32 Å². The zero-order valence-electron chi connectivity index (χ0n) is 12.4. The van der Waals surface area contributed by atoms with Crippen LogP contribution in [0.1, 0.15) is 33.1 Å². The molecule has 1 aliphatic rings. The number of nitrogens with one attached hydrogen (secondary N) is 1. The Labute approximate surface area is 112 Å². The third-order valence-corrected chi connectivity index (χ3v) is 3.69. The van der Waals surface area contributed by atoms with Crippen molar-refractivity contribution < 1.29 is 9.47 Å². The number of methoxy groups -OCH3 is 2. The lowest BCUT2D eigenvalue weighted by molar-refractivity contribution is 0.0454. The molecular formula is C14H30N2O2. The van der Waals surface area contributed by atoms with Crippen LogP contribution in [0.5, 0.6) is 0 Å². The van der Waals surface area contributed by atoms with Crippen molar-refractivity contribution in [2.24, 2.45) is 0 Å². The summed E-state index contributed by atoms with van der Waals surface area (Å²) in [5, 5.41) is 3.64. The lowest BCUT2D eigenvalue weighted by Gasteiger charge is -2.36. The highest BCUT2D eigenvalue weighted by Crippen LogP contribution is 2.19. The van der Waals surface area contributed by atoms with Crippen LogP contribution in [0.25, 0.3) is 0 Å². The van der Waals surface area contributed by atoms with E-state index in [4.69, 9.17) is 9.47 Å². The Morgan fingerprint density at radius 3 is 2.50 bits per heavy atom. The molecule has 0 aromatic rings. The fourth-order valence-electron chi connectivity index (χ4n) is 2.38. The molecule has 4 nitrogen and oxygen atoms in total. The van der Waals surface area contributed by atoms with Crippen molar-refractivity contribution in [2.75, 3.05) is 40.5 Å². The lowest BCUT2D eigenvalue weighted by Crippen LogP contribution is -2.49. The predicted octanol–water partition coefficient (Wildman–Crippen LogP) is 1.50. The third-order valence-electron chi connectivity index (χ3n) is 3.69. The van der Waals surface area contributed by atoms with Gasteiger partial charge in [-0.05, 0) is 26.2 Å². The first-order valence-electron chi connectivity index (χ1n) is 7.19. The van der Waals surface area contributed by atoms with E-state index in [2.05, 4.69) is 24.1 Å². The standard InChI is InChI=1S/C14H30N2O2/c1-5-14(10-15-13-6-7-13)16(8-9-17-3)12(2)11-18-4/h12-15H,5-11H2,1-4H3. The summed E-state index contributed by atoms with van der Waals surface area (Å²) in [4.78, 5) is 2.52. The molecule has 0 radical (unpaired) electrons. The Bertz CT molecular complexity index is 210. The SMILES string of the molecule is CCC(CNC1CC1)N(CCOC)C(C)COC. The maximum atomic E-state index is 5.29. The normalized spacial score (nSPS) is 19.2. The summed E-state index contributed by atoms with van der Waals surface area (Å²) in [5.41, 5.74) is 0. The van der Waals surface area contributed by atoms with Crippen molar-refractivity contribution in [3.8, 4) is 0 Å². The van der Waals surface area contributed by atoms with Crippen LogP contribution in [-0.2, 0) is 9.47 Å². The van der Waals surface area contributed by atoms with Crippen LogP contribution in [-0.4, -0.2) is 63.5 Å². The Hall–Kier alpha value is -0.160. The van der Waals surface area contributed by atoms with E-state index in [-0.39, 0.29) is 0 Å². The average Bonchev–Trinajstić information content (AvgIpc) is 3.17. The summed E-state index contributed by atoms with van der Waals surface area (Å²) >= 11 is 0. The van der Waals surface area contributed by atoms with Gasteiger partial charge in [-0.15, -0.1) is 0 Å². The minimum Gasteiger partial charge on any atom is -0.383 e. The maximum Gasteiger partial charge on any atom is 0.0615 e. The molecule has 0 amide bonds. The molecule has 1 saturated carbocycles. The zero-order chi connectivity index (χ0) is 13.4. The summed E-state index contributed by atoms with van der Waals surface area (Å²) in [6.45, 7) is 8.12. The van der Waals surface area contributed by atoms with Crippen molar-refractivity contribution >= 4 is 0 Å². The number of ether oxygens (including phenoxy) is 2.